The third kappa shape index (κ3) is 5.35. The molecule has 0 spiro atoms. The van der Waals surface area contributed by atoms with Crippen molar-refractivity contribution >= 4 is 17.1 Å². The van der Waals surface area contributed by atoms with Crippen LogP contribution in [-0.4, -0.2) is 50.8 Å². The van der Waals surface area contributed by atoms with Gasteiger partial charge in [0.25, 0.3) is 0 Å². The zero-order chi connectivity index (χ0) is 20.9. The number of hydrogen-bond acceptors (Lipinski definition) is 4. The number of rotatable bonds is 7. The number of hydrogen-bond donors (Lipinski definition) is 1. The highest BCUT2D eigenvalue weighted by atomic mass is 16.5. The summed E-state index contributed by atoms with van der Waals surface area (Å²) in [4.78, 5) is 4.86. The van der Waals surface area contributed by atoms with Gasteiger partial charge in [-0.3, -0.25) is 0 Å². The quantitative estimate of drug-likeness (QED) is 0.657. The molecule has 3 atom stereocenters. The summed E-state index contributed by atoms with van der Waals surface area (Å²) in [5.41, 5.74) is 5.03. The monoisotopic (exact) mass is 407 g/mol. The van der Waals surface area contributed by atoms with Crippen LogP contribution in [0, 0.1) is 5.92 Å². The molecule has 2 saturated heterocycles. The topological polar surface area (TPSA) is 27.7 Å². The zero-order valence-electron chi connectivity index (χ0n) is 18.8. The van der Waals surface area contributed by atoms with E-state index in [4.69, 9.17) is 4.74 Å². The first kappa shape index (κ1) is 21.2. The summed E-state index contributed by atoms with van der Waals surface area (Å²) in [5, 5.41) is 3.60. The lowest BCUT2D eigenvalue weighted by Gasteiger charge is -2.34. The molecule has 0 aliphatic carbocycles. The van der Waals surface area contributed by atoms with E-state index in [0.717, 1.165) is 50.6 Å². The largest absolute Gasteiger partial charge is 0.378 e. The molecule has 2 heterocycles. The number of anilines is 3. The third-order valence-electron chi connectivity index (χ3n) is 6.95. The molecule has 162 valence electrons. The van der Waals surface area contributed by atoms with Crippen molar-refractivity contribution < 1.29 is 4.74 Å². The van der Waals surface area contributed by atoms with Gasteiger partial charge >= 0.3 is 0 Å². The van der Waals surface area contributed by atoms with Gasteiger partial charge in [0.15, 0.2) is 0 Å². The van der Waals surface area contributed by atoms with Crippen LogP contribution in [0.15, 0.2) is 48.5 Å². The molecule has 4 nitrogen and oxygen atoms in total. The summed E-state index contributed by atoms with van der Waals surface area (Å²) < 4.78 is 5.85. The van der Waals surface area contributed by atoms with E-state index in [0.29, 0.717) is 17.9 Å². The summed E-state index contributed by atoms with van der Waals surface area (Å²) in [5.74, 6) is 1.14. The van der Waals surface area contributed by atoms with Crippen LogP contribution in [0.4, 0.5) is 17.1 Å². The van der Waals surface area contributed by atoms with E-state index in [1.54, 1.807) is 0 Å². The third-order valence-corrected chi connectivity index (χ3v) is 6.95. The van der Waals surface area contributed by atoms with E-state index >= 15 is 0 Å². The molecule has 0 saturated carbocycles. The van der Waals surface area contributed by atoms with Crippen molar-refractivity contribution in [2.24, 2.45) is 5.92 Å². The minimum Gasteiger partial charge on any atom is -0.378 e. The highest BCUT2D eigenvalue weighted by molar-refractivity contribution is 5.63. The molecule has 2 fully saturated rings. The van der Waals surface area contributed by atoms with Crippen molar-refractivity contribution in [3.8, 4) is 0 Å². The van der Waals surface area contributed by atoms with Crippen molar-refractivity contribution in [1.82, 2.24) is 4.90 Å². The Bertz CT molecular complexity index is 792. The van der Waals surface area contributed by atoms with Gasteiger partial charge in [-0.2, -0.15) is 0 Å². The second-order valence-electron chi connectivity index (χ2n) is 9.22. The van der Waals surface area contributed by atoms with Crippen LogP contribution in [0.2, 0.25) is 0 Å². The van der Waals surface area contributed by atoms with Crippen LogP contribution >= 0.6 is 0 Å². The molecule has 30 heavy (non-hydrogen) atoms. The average molecular weight is 408 g/mol. The van der Waals surface area contributed by atoms with E-state index < -0.39 is 0 Å². The van der Waals surface area contributed by atoms with E-state index in [9.17, 15) is 0 Å². The van der Waals surface area contributed by atoms with Crippen LogP contribution in [-0.2, 0) is 4.74 Å². The Morgan fingerprint density at radius 3 is 2.47 bits per heavy atom. The fourth-order valence-corrected chi connectivity index (χ4v) is 4.66. The van der Waals surface area contributed by atoms with Gasteiger partial charge in [-0.15, -0.1) is 0 Å². The molecule has 0 radical (unpaired) electrons. The number of nitrogens with zero attached hydrogens (tertiary/aromatic N) is 2. The van der Waals surface area contributed by atoms with Gasteiger partial charge < -0.3 is 19.9 Å². The van der Waals surface area contributed by atoms with Gasteiger partial charge in [-0.25, -0.2) is 0 Å². The summed E-state index contributed by atoms with van der Waals surface area (Å²) >= 11 is 0. The van der Waals surface area contributed by atoms with Crippen molar-refractivity contribution in [2.75, 3.05) is 50.1 Å². The van der Waals surface area contributed by atoms with Gasteiger partial charge in [0, 0.05) is 49.8 Å². The van der Waals surface area contributed by atoms with Gasteiger partial charge in [-0.1, -0.05) is 26.0 Å². The van der Waals surface area contributed by atoms with Crippen LogP contribution < -0.4 is 10.2 Å². The van der Waals surface area contributed by atoms with Gasteiger partial charge in [0.05, 0.1) is 6.10 Å². The van der Waals surface area contributed by atoms with Crippen molar-refractivity contribution in [3.05, 3.63) is 54.1 Å². The Morgan fingerprint density at radius 1 is 1.00 bits per heavy atom. The van der Waals surface area contributed by atoms with E-state index in [-0.39, 0.29) is 0 Å². The lowest BCUT2D eigenvalue weighted by atomic mass is 9.84. The molecule has 4 rings (SSSR count). The average Bonchev–Trinajstić information content (AvgIpc) is 3.27. The summed E-state index contributed by atoms with van der Waals surface area (Å²) in [6.45, 7) is 10.1. The summed E-state index contributed by atoms with van der Waals surface area (Å²) in [6, 6.07) is 17.8. The molecule has 2 aliphatic heterocycles. The van der Waals surface area contributed by atoms with Gasteiger partial charge in [0.1, 0.15) is 0 Å². The molecular weight excluding hydrogens is 370 g/mol. The molecule has 2 aromatic rings. The summed E-state index contributed by atoms with van der Waals surface area (Å²) in [7, 11) is 2.20. The standard InChI is InChI=1S/C26H37N3O/c1-20(18-26-8-5-17-30-26)21(2)22-6-4-7-24(19-22)27-23-9-11-25(12-10-23)29-15-13-28(3)14-16-29/h4,6-7,9-12,19-21,26-27H,5,8,13-18H2,1-3H3. The Labute approximate surface area is 182 Å². The molecule has 3 unspecified atom stereocenters. The van der Waals surface area contributed by atoms with Crippen molar-refractivity contribution in [3.63, 3.8) is 0 Å². The normalized spacial score (nSPS) is 22.1. The van der Waals surface area contributed by atoms with E-state index in [1.807, 2.05) is 0 Å². The summed E-state index contributed by atoms with van der Waals surface area (Å²) in [6.07, 6.45) is 4.07. The van der Waals surface area contributed by atoms with Crippen LogP contribution in [0.1, 0.15) is 44.6 Å². The maximum Gasteiger partial charge on any atom is 0.0578 e. The van der Waals surface area contributed by atoms with E-state index in [1.165, 1.54) is 24.1 Å². The first-order valence-corrected chi connectivity index (χ1v) is 11.6. The Morgan fingerprint density at radius 2 is 1.77 bits per heavy atom. The maximum atomic E-state index is 5.85. The zero-order valence-corrected chi connectivity index (χ0v) is 18.8. The molecule has 0 amide bonds. The molecule has 0 bridgehead atoms. The number of benzene rings is 2. The van der Waals surface area contributed by atoms with Crippen molar-refractivity contribution in [2.45, 2.75) is 45.1 Å². The molecule has 0 aromatic heterocycles. The highest BCUT2D eigenvalue weighted by Crippen LogP contribution is 2.32. The first-order chi connectivity index (χ1) is 14.6. The van der Waals surface area contributed by atoms with Crippen LogP contribution in [0.5, 0.6) is 0 Å². The number of piperazine rings is 1. The minimum atomic E-state index is 0.461. The SMILES string of the molecule is CC(CC1CCCO1)C(C)c1cccc(Nc2ccc(N3CCN(C)CC3)cc2)c1. The molecule has 2 aliphatic rings. The maximum absolute atomic E-state index is 5.85. The Balaban J connectivity index is 1.36. The van der Waals surface area contributed by atoms with Crippen LogP contribution in [0.25, 0.3) is 0 Å². The Kier molecular flexibility index (Phi) is 6.96. The molecule has 2 aromatic carbocycles. The van der Waals surface area contributed by atoms with Gasteiger partial charge in [-0.05, 0) is 80.1 Å². The second-order valence-corrected chi connectivity index (χ2v) is 9.22. The van der Waals surface area contributed by atoms with Crippen LogP contribution in [0.3, 0.4) is 0 Å². The fourth-order valence-electron chi connectivity index (χ4n) is 4.66. The fraction of sp³-hybridized carbons (Fsp3) is 0.538. The molecule has 4 heteroatoms. The van der Waals surface area contributed by atoms with Crippen molar-refractivity contribution in [1.29, 1.82) is 0 Å². The lowest BCUT2D eigenvalue weighted by Crippen LogP contribution is -2.44. The van der Waals surface area contributed by atoms with Gasteiger partial charge in [0.2, 0.25) is 0 Å². The highest BCUT2D eigenvalue weighted by Gasteiger charge is 2.22. The first-order valence-electron chi connectivity index (χ1n) is 11.6. The molecular formula is C26H37N3O. The number of likely N-dealkylation sites (N-methyl/N-ethyl adjacent to an activating group) is 1. The number of ether oxygens (including phenoxy) is 1. The van der Waals surface area contributed by atoms with E-state index in [2.05, 4.69) is 84.5 Å². The molecule has 1 N–H and O–H groups in total. The second kappa shape index (κ2) is 9.84. The lowest BCUT2D eigenvalue weighted by molar-refractivity contribution is 0.0887. The predicted octanol–water partition coefficient (Wildman–Crippen LogP) is 5.49. The Hall–Kier alpha value is -2.04. The minimum absolute atomic E-state index is 0.461. The number of nitrogens with one attached hydrogen (secondary N) is 1. The smallest absolute Gasteiger partial charge is 0.0578 e. The predicted molar refractivity (Wildman–Crippen MR) is 127 cm³/mol.